The van der Waals surface area contributed by atoms with Crippen molar-refractivity contribution in [2.45, 2.75) is 4.90 Å². The largest absolute Gasteiger partial charge is 0.492 e. The number of nitrogens with zero attached hydrogens (tertiary/aromatic N) is 1. The van der Waals surface area contributed by atoms with E-state index in [0.29, 0.717) is 11.4 Å². The average molecular weight is 428 g/mol. The lowest BCUT2D eigenvalue weighted by atomic mass is 10.3. The van der Waals surface area contributed by atoms with Gasteiger partial charge in [0, 0.05) is 0 Å². The topological polar surface area (TPSA) is 75.7 Å². The molecule has 3 aromatic carbocycles. The van der Waals surface area contributed by atoms with E-state index in [4.69, 9.17) is 4.74 Å². The number of benzene rings is 3. The number of nitrogens with one attached hydrogen (secondary N) is 1. The molecule has 30 heavy (non-hydrogen) atoms. The maximum Gasteiger partial charge on any atom is 0.264 e. The summed E-state index contributed by atoms with van der Waals surface area (Å²) in [7, 11) is -4.06. The molecule has 0 spiro atoms. The maximum atomic E-state index is 13.2. The summed E-state index contributed by atoms with van der Waals surface area (Å²) in [6, 6.07) is 21.9. The van der Waals surface area contributed by atoms with Crippen molar-refractivity contribution in [2.24, 2.45) is 0 Å². The molecule has 0 aliphatic rings. The fourth-order valence-electron chi connectivity index (χ4n) is 2.71. The highest BCUT2D eigenvalue weighted by atomic mass is 32.2. The third-order valence-corrected chi connectivity index (χ3v) is 5.96. The molecule has 0 atom stereocenters. The second-order valence-electron chi connectivity index (χ2n) is 6.31. The van der Waals surface area contributed by atoms with Gasteiger partial charge in [0.2, 0.25) is 5.91 Å². The van der Waals surface area contributed by atoms with Gasteiger partial charge in [-0.15, -0.1) is 0 Å². The molecular weight excluding hydrogens is 407 g/mol. The number of sulfonamides is 1. The van der Waals surface area contributed by atoms with Crippen molar-refractivity contribution in [1.29, 1.82) is 0 Å². The second kappa shape index (κ2) is 9.89. The number of hydrogen-bond acceptors (Lipinski definition) is 4. The molecule has 0 fully saturated rings. The Hall–Kier alpha value is -3.39. The zero-order valence-electron chi connectivity index (χ0n) is 16.1. The van der Waals surface area contributed by atoms with E-state index in [0.717, 1.165) is 16.4 Å². The number of carbonyl (C=O) groups is 1. The normalized spacial score (nSPS) is 11.0. The zero-order chi connectivity index (χ0) is 21.4. The summed E-state index contributed by atoms with van der Waals surface area (Å²) in [5, 5.41) is 2.66. The first-order chi connectivity index (χ1) is 14.5. The monoisotopic (exact) mass is 428 g/mol. The molecule has 0 saturated carbocycles. The van der Waals surface area contributed by atoms with Crippen LogP contribution in [0.3, 0.4) is 0 Å². The number of anilines is 1. The second-order valence-corrected chi connectivity index (χ2v) is 8.17. The molecule has 1 N–H and O–H groups in total. The number of carbonyl (C=O) groups excluding carboxylic acids is 1. The van der Waals surface area contributed by atoms with E-state index in [1.807, 2.05) is 18.2 Å². The third-order valence-electron chi connectivity index (χ3n) is 4.17. The van der Waals surface area contributed by atoms with E-state index in [9.17, 15) is 17.6 Å². The fourth-order valence-corrected chi connectivity index (χ4v) is 4.13. The van der Waals surface area contributed by atoms with E-state index >= 15 is 0 Å². The summed E-state index contributed by atoms with van der Waals surface area (Å²) in [6.07, 6.45) is 0. The van der Waals surface area contributed by atoms with Crippen LogP contribution < -0.4 is 14.4 Å². The molecule has 0 unspecified atom stereocenters. The van der Waals surface area contributed by atoms with Crippen molar-refractivity contribution in [3.05, 3.63) is 90.7 Å². The van der Waals surface area contributed by atoms with Gasteiger partial charge in [0.15, 0.2) is 0 Å². The molecule has 0 saturated heterocycles. The minimum atomic E-state index is -4.06. The van der Waals surface area contributed by atoms with Crippen molar-refractivity contribution in [3.8, 4) is 5.75 Å². The fraction of sp³-hybridized carbons (Fsp3) is 0.136. The molecule has 0 aliphatic heterocycles. The van der Waals surface area contributed by atoms with Crippen molar-refractivity contribution < 1.29 is 22.3 Å². The summed E-state index contributed by atoms with van der Waals surface area (Å²) < 4.78 is 45.9. The van der Waals surface area contributed by atoms with Gasteiger partial charge in [-0.1, -0.05) is 36.4 Å². The minimum Gasteiger partial charge on any atom is -0.492 e. The molecule has 0 radical (unpaired) electrons. The Morgan fingerprint density at radius 2 is 1.50 bits per heavy atom. The lowest BCUT2D eigenvalue weighted by Gasteiger charge is -2.24. The van der Waals surface area contributed by atoms with Crippen LogP contribution in [0.4, 0.5) is 10.1 Å². The van der Waals surface area contributed by atoms with Gasteiger partial charge in [0.25, 0.3) is 10.0 Å². The van der Waals surface area contributed by atoms with Gasteiger partial charge >= 0.3 is 0 Å². The number of rotatable bonds is 9. The number of halogens is 1. The highest BCUT2D eigenvalue weighted by molar-refractivity contribution is 7.92. The van der Waals surface area contributed by atoms with Gasteiger partial charge in [0.05, 0.1) is 17.1 Å². The van der Waals surface area contributed by atoms with Crippen molar-refractivity contribution >= 4 is 21.6 Å². The van der Waals surface area contributed by atoms with Crippen LogP contribution in [0.2, 0.25) is 0 Å². The third kappa shape index (κ3) is 5.57. The van der Waals surface area contributed by atoms with Crippen LogP contribution in [0.15, 0.2) is 89.8 Å². The van der Waals surface area contributed by atoms with E-state index in [2.05, 4.69) is 5.32 Å². The van der Waals surface area contributed by atoms with Crippen LogP contribution in [0.25, 0.3) is 0 Å². The van der Waals surface area contributed by atoms with Crippen LogP contribution in [-0.4, -0.2) is 34.0 Å². The molecule has 8 heteroatoms. The first-order valence-electron chi connectivity index (χ1n) is 9.25. The minimum absolute atomic E-state index is 0.104. The number of hydrogen-bond donors (Lipinski definition) is 1. The molecule has 3 rings (SSSR count). The molecule has 0 aromatic heterocycles. The van der Waals surface area contributed by atoms with Gasteiger partial charge in [-0.2, -0.15) is 0 Å². The Morgan fingerprint density at radius 3 is 2.13 bits per heavy atom. The lowest BCUT2D eigenvalue weighted by molar-refractivity contribution is -0.119. The molecule has 156 valence electrons. The van der Waals surface area contributed by atoms with Gasteiger partial charge in [-0.3, -0.25) is 9.10 Å². The maximum absolute atomic E-state index is 13.2. The predicted octanol–water partition coefficient (Wildman–Crippen LogP) is 3.22. The van der Waals surface area contributed by atoms with E-state index in [-0.39, 0.29) is 18.0 Å². The van der Waals surface area contributed by atoms with Crippen molar-refractivity contribution in [2.75, 3.05) is 24.0 Å². The number of para-hydroxylation sites is 2. The number of ether oxygens (including phenoxy) is 1. The first-order valence-corrected chi connectivity index (χ1v) is 10.7. The molecule has 0 bridgehead atoms. The van der Waals surface area contributed by atoms with Gasteiger partial charge < -0.3 is 10.1 Å². The van der Waals surface area contributed by atoms with Crippen molar-refractivity contribution in [3.63, 3.8) is 0 Å². The smallest absolute Gasteiger partial charge is 0.264 e. The highest BCUT2D eigenvalue weighted by Crippen LogP contribution is 2.23. The van der Waals surface area contributed by atoms with Gasteiger partial charge in [0.1, 0.15) is 24.7 Å². The first kappa shape index (κ1) is 21.3. The van der Waals surface area contributed by atoms with E-state index in [1.54, 1.807) is 42.5 Å². The Kier molecular flexibility index (Phi) is 7.03. The summed E-state index contributed by atoms with van der Waals surface area (Å²) in [4.78, 5) is 12.3. The Morgan fingerprint density at radius 1 is 0.900 bits per heavy atom. The van der Waals surface area contributed by atoms with Crippen LogP contribution in [-0.2, 0) is 14.8 Å². The van der Waals surface area contributed by atoms with Crippen LogP contribution in [0.1, 0.15) is 0 Å². The predicted molar refractivity (Wildman–Crippen MR) is 112 cm³/mol. The highest BCUT2D eigenvalue weighted by Gasteiger charge is 2.27. The van der Waals surface area contributed by atoms with Crippen LogP contribution in [0, 0.1) is 5.82 Å². The molecule has 1 amide bonds. The molecule has 3 aromatic rings. The van der Waals surface area contributed by atoms with Crippen LogP contribution in [0.5, 0.6) is 5.75 Å². The number of amides is 1. The SMILES string of the molecule is O=C(CN(c1ccccc1)S(=O)(=O)c1ccc(F)cc1)NCCOc1ccccc1. The van der Waals surface area contributed by atoms with E-state index < -0.39 is 28.3 Å². The molecule has 0 aliphatic carbocycles. The summed E-state index contributed by atoms with van der Waals surface area (Å²) >= 11 is 0. The quantitative estimate of drug-likeness (QED) is 0.531. The molecule has 0 heterocycles. The summed E-state index contributed by atoms with van der Waals surface area (Å²) in [5.41, 5.74) is 0.331. The molecule has 6 nitrogen and oxygen atoms in total. The zero-order valence-corrected chi connectivity index (χ0v) is 16.9. The lowest BCUT2D eigenvalue weighted by Crippen LogP contribution is -2.41. The molecular formula is C22H21FN2O4S. The van der Waals surface area contributed by atoms with E-state index in [1.165, 1.54) is 12.1 Å². The average Bonchev–Trinajstić information content (AvgIpc) is 2.76. The summed E-state index contributed by atoms with van der Waals surface area (Å²) in [6.45, 7) is 0.0355. The van der Waals surface area contributed by atoms with Crippen LogP contribution >= 0.6 is 0 Å². The van der Waals surface area contributed by atoms with Crippen molar-refractivity contribution in [1.82, 2.24) is 5.32 Å². The summed E-state index contributed by atoms with van der Waals surface area (Å²) in [5.74, 6) is -0.353. The standard InChI is InChI=1S/C22H21FN2O4S/c23-18-11-13-21(14-12-18)30(27,28)25(19-7-3-1-4-8-19)17-22(26)24-15-16-29-20-9-5-2-6-10-20/h1-14H,15-17H2,(H,24,26). The Labute approximate surface area is 175 Å². The van der Waals surface area contributed by atoms with Gasteiger partial charge in [-0.05, 0) is 48.5 Å². The Bertz CT molecular complexity index is 1060. The Balaban J connectivity index is 1.68. The van der Waals surface area contributed by atoms with Gasteiger partial charge in [-0.25, -0.2) is 12.8 Å².